The second kappa shape index (κ2) is 6.68. The Morgan fingerprint density at radius 3 is 3.00 bits per heavy atom. The van der Waals surface area contributed by atoms with Crippen molar-refractivity contribution in [1.29, 1.82) is 0 Å². The zero-order valence-electron chi connectivity index (χ0n) is 13.5. The molecule has 1 saturated heterocycles. The number of para-hydroxylation sites is 1. The van der Waals surface area contributed by atoms with Crippen molar-refractivity contribution in [2.45, 2.75) is 19.5 Å². The van der Waals surface area contributed by atoms with E-state index in [0.29, 0.717) is 19.6 Å². The minimum atomic E-state index is -0.322. The summed E-state index contributed by atoms with van der Waals surface area (Å²) in [5, 5.41) is 3.78. The van der Waals surface area contributed by atoms with E-state index < -0.39 is 0 Å². The smallest absolute Gasteiger partial charge is 0.225 e. The Hall–Kier alpha value is -2.67. The number of carbonyl (C=O) groups is 2. The van der Waals surface area contributed by atoms with Crippen LogP contribution in [0.2, 0.25) is 0 Å². The van der Waals surface area contributed by atoms with E-state index >= 15 is 0 Å². The fourth-order valence-corrected chi connectivity index (χ4v) is 3.90. The Kier molecular flexibility index (Phi) is 4.23. The Morgan fingerprint density at radius 2 is 2.20 bits per heavy atom. The highest BCUT2D eigenvalue weighted by atomic mass is 32.1. The largest absolute Gasteiger partial charge is 0.467 e. The summed E-state index contributed by atoms with van der Waals surface area (Å²) in [6, 6.07) is 11.5. The maximum Gasteiger partial charge on any atom is 0.225 e. The fourth-order valence-electron chi connectivity index (χ4n) is 2.99. The number of furan rings is 1. The third-order valence-corrected chi connectivity index (χ3v) is 5.30. The van der Waals surface area contributed by atoms with Crippen molar-refractivity contribution >= 4 is 33.4 Å². The predicted molar refractivity (Wildman–Crippen MR) is 93.7 cm³/mol. The van der Waals surface area contributed by atoms with E-state index in [4.69, 9.17) is 4.42 Å². The molecule has 1 N–H and O–H groups in total. The number of thiazole rings is 1. The Morgan fingerprint density at radius 1 is 1.32 bits per heavy atom. The van der Waals surface area contributed by atoms with Crippen LogP contribution in [0.4, 0.5) is 0 Å². The predicted octanol–water partition coefficient (Wildman–Crippen LogP) is 2.55. The summed E-state index contributed by atoms with van der Waals surface area (Å²) in [6.07, 6.45) is 1.82. The molecule has 2 amide bonds. The lowest BCUT2D eigenvalue weighted by molar-refractivity contribution is -0.129. The Labute approximate surface area is 148 Å². The van der Waals surface area contributed by atoms with E-state index in [-0.39, 0.29) is 24.2 Å². The van der Waals surface area contributed by atoms with Gasteiger partial charge in [0, 0.05) is 13.0 Å². The zero-order valence-corrected chi connectivity index (χ0v) is 14.3. The lowest BCUT2D eigenvalue weighted by Gasteiger charge is -2.14. The maximum absolute atomic E-state index is 12.4. The van der Waals surface area contributed by atoms with E-state index in [2.05, 4.69) is 10.3 Å². The topological polar surface area (TPSA) is 75.4 Å². The van der Waals surface area contributed by atoms with Gasteiger partial charge in [-0.15, -0.1) is 11.3 Å². The van der Waals surface area contributed by atoms with Crippen LogP contribution in [-0.4, -0.2) is 28.2 Å². The van der Waals surface area contributed by atoms with Gasteiger partial charge in [0.2, 0.25) is 11.8 Å². The highest BCUT2D eigenvalue weighted by molar-refractivity contribution is 7.18. The van der Waals surface area contributed by atoms with Crippen molar-refractivity contribution in [1.82, 2.24) is 15.2 Å². The molecular formula is C18H17N3O3S. The molecule has 4 rings (SSSR count). The minimum absolute atomic E-state index is 0.0171. The number of fused-ring (bicyclic) bond motifs is 1. The van der Waals surface area contributed by atoms with Crippen LogP contribution in [0.1, 0.15) is 17.2 Å². The van der Waals surface area contributed by atoms with E-state index in [1.165, 1.54) is 0 Å². The van der Waals surface area contributed by atoms with Gasteiger partial charge in [0.1, 0.15) is 10.8 Å². The molecule has 7 heteroatoms. The molecule has 3 heterocycles. The minimum Gasteiger partial charge on any atom is -0.467 e. The molecule has 1 atom stereocenters. The van der Waals surface area contributed by atoms with Gasteiger partial charge in [0.15, 0.2) is 0 Å². The first kappa shape index (κ1) is 15.8. The van der Waals surface area contributed by atoms with Gasteiger partial charge in [-0.05, 0) is 24.3 Å². The lowest BCUT2D eigenvalue weighted by atomic mass is 10.1. The van der Waals surface area contributed by atoms with Crippen molar-refractivity contribution in [3.63, 3.8) is 0 Å². The van der Waals surface area contributed by atoms with Gasteiger partial charge >= 0.3 is 0 Å². The van der Waals surface area contributed by atoms with Gasteiger partial charge in [0.05, 0.1) is 35.5 Å². The fraction of sp³-hybridized carbons (Fsp3) is 0.278. The van der Waals surface area contributed by atoms with E-state index in [9.17, 15) is 9.59 Å². The first-order valence-corrected chi connectivity index (χ1v) is 8.93. The van der Waals surface area contributed by atoms with Crippen LogP contribution >= 0.6 is 11.3 Å². The number of carbonyl (C=O) groups excluding carboxylic acids is 2. The van der Waals surface area contributed by atoms with Crippen LogP contribution < -0.4 is 5.32 Å². The molecule has 6 nitrogen and oxygen atoms in total. The molecule has 25 heavy (non-hydrogen) atoms. The van der Waals surface area contributed by atoms with Gasteiger partial charge in [-0.1, -0.05) is 12.1 Å². The van der Waals surface area contributed by atoms with E-state index in [1.807, 2.05) is 30.3 Å². The summed E-state index contributed by atoms with van der Waals surface area (Å²) in [5.41, 5.74) is 0.942. The number of benzene rings is 1. The number of aromatic nitrogens is 1. The van der Waals surface area contributed by atoms with Crippen molar-refractivity contribution in [3.8, 4) is 0 Å². The monoisotopic (exact) mass is 355 g/mol. The molecule has 0 bridgehead atoms. The average Bonchev–Trinajstić information content (AvgIpc) is 3.33. The van der Waals surface area contributed by atoms with Crippen LogP contribution in [-0.2, 0) is 22.7 Å². The first-order valence-electron chi connectivity index (χ1n) is 8.11. The van der Waals surface area contributed by atoms with Crippen LogP contribution in [0.25, 0.3) is 10.2 Å². The number of rotatable bonds is 5. The SMILES string of the molecule is O=C(NCc1nc2ccccc2s1)C1CC(=O)N(Cc2ccco2)C1. The number of hydrogen-bond donors (Lipinski definition) is 1. The normalized spacial score (nSPS) is 17.4. The summed E-state index contributed by atoms with van der Waals surface area (Å²) in [7, 11) is 0. The van der Waals surface area contributed by atoms with Gasteiger partial charge in [-0.2, -0.15) is 0 Å². The Bertz CT molecular complexity index is 870. The van der Waals surface area contributed by atoms with Crippen LogP contribution in [0.5, 0.6) is 0 Å². The summed E-state index contributed by atoms with van der Waals surface area (Å²) in [4.78, 5) is 30.7. The molecule has 0 saturated carbocycles. The molecule has 0 spiro atoms. The summed E-state index contributed by atoms with van der Waals surface area (Å²) in [6.45, 7) is 1.22. The maximum atomic E-state index is 12.4. The molecule has 0 aliphatic carbocycles. The van der Waals surface area contributed by atoms with Crippen molar-refractivity contribution in [2.75, 3.05) is 6.54 Å². The number of hydrogen-bond acceptors (Lipinski definition) is 5. The molecular weight excluding hydrogens is 338 g/mol. The molecule has 1 aliphatic rings. The van der Waals surface area contributed by atoms with Crippen LogP contribution in [0.3, 0.4) is 0 Å². The molecule has 1 aromatic carbocycles. The average molecular weight is 355 g/mol. The standard InChI is InChI=1S/C18H17N3O3S/c22-17-8-12(10-21(17)11-13-4-3-7-24-13)18(23)19-9-16-20-14-5-1-2-6-15(14)25-16/h1-7,12H,8-11H2,(H,19,23). The summed E-state index contributed by atoms with van der Waals surface area (Å²) in [5.74, 6) is 0.284. The van der Waals surface area contributed by atoms with Gasteiger partial charge in [0.25, 0.3) is 0 Å². The van der Waals surface area contributed by atoms with Crippen molar-refractivity contribution in [3.05, 3.63) is 53.4 Å². The van der Waals surface area contributed by atoms with Gasteiger partial charge in [-0.25, -0.2) is 4.98 Å². The molecule has 3 aromatic rings. The van der Waals surface area contributed by atoms with Gasteiger partial charge < -0.3 is 14.6 Å². The first-order chi connectivity index (χ1) is 12.2. The highest BCUT2D eigenvalue weighted by Crippen LogP contribution is 2.23. The second-order valence-electron chi connectivity index (χ2n) is 6.05. The zero-order chi connectivity index (χ0) is 17.2. The molecule has 2 aromatic heterocycles. The van der Waals surface area contributed by atoms with Gasteiger partial charge in [-0.3, -0.25) is 9.59 Å². The summed E-state index contributed by atoms with van der Waals surface area (Å²) < 4.78 is 6.38. The van der Waals surface area contributed by atoms with E-state index in [1.54, 1.807) is 28.6 Å². The highest BCUT2D eigenvalue weighted by Gasteiger charge is 2.34. The lowest BCUT2D eigenvalue weighted by Crippen LogP contribution is -2.32. The van der Waals surface area contributed by atoms with Crippen LogP contribution in [0.15, 0.2) is 47.1 Å². The number of nitrogens with zero attached hydrogens (tertiary/aromatic N) is 2. The number of likely N-dealkylation sites (tertiary alicyclic amines) is 1. The van der Waals surface area contributed by atoms with E-state index in [0.717, 1.165) is 21.0 Å². The molecule has 0 radical (unpaired) electrons. The van der Waals surface area contributed by atoms with Crippen molar-refractivity contribution in [2.24, 2.45) is 5.92 Å². The van der Waals surface area contributed by atoms with Crippen LogP contribution in [0, 0.1) is 5.92 Å². The molecule has 1 fully saturated rings. The third-order valence-electron chi connectivity index (χ3n) is 4.26. The molecule has 1 aliphatic heterocycles. The third kappa shape index (κ3) is 3.41. The molecule has 128 valence electrons. The number of nitrogens with one attached hydrogen (secondary N) is 1. The second-order valence-corrected chi connectivity index (χ2v) is 7.16. The Balaban J connectivity index is 1.34. The summed E-state index contributed by atoms with van der Waals surface area (Å²) >= 11 is 1.57. The number of amides is 2. The molecule has 1 unspecified atom stereocenters. The quantitative estimate of drug-likeness (QED) is 0.763. The van der Waals surface area contributed by atoms with Crippen molar-refractivity contribution < 1.29 is 14.0 Å².